The normalized spacial score (nSPS) is 15.0. The molecule has 0 aliphatic carbocycles. The van der Waals surface area contributed by atoms with Crippen LogP contribution in [0.2, 0.25) is 0 Å². The number of hydrogen-bond acceptors (Lipinski definition) is 6. The lowest BCUT2D eigenvalue weighted by Crippen LogP contribution is -2.47. The first-order valence-electron chi connectivity index (χ1n) is 7.27. The van der Waals surface area contributed by atoms with Gasteiger partial charge in [0, 0.05) is 36.8 Å². The van der Waals surface area contributed by atoms with Crippen LogP contribution in [0.15, 0.2) is 27.4 Å². The SMILES string of the molecule is COc1nc(N2CCN(c3cc(C)c(Br)cn3)CC2)ncc1Br. The smallest absolute Gasteiger partial charge is 0.232 e. The minimum Gasteiger partial charge on any atom is -0.480 e. The predicted molar refractivity (Wildman–Crippen MR) is 97.4 cm³/mol. The number of halogens is 2. The van der Waals surface area contributed by atoms with Gasteiger partial charge in [-0.15, -0.1) is 0 Å². The van der Waals surface area contributed by atoms with Crippen LogP contribution in [-0.2, 0) is 0 Å². The molecule has 6 nitrogen and oxygen atoms in total. The van der Waals surface area contributed by atoms with E-state index in [0.717, 1.165) is 40.9 Å². The Bertz CT molecular complexity index is 704. The van der Waals surface area contributed by atoms with Crippen LogP contribution in [0.4, 0.5) is 11.8 Å². The lowest BCUT2D eigenvalue weighted by atomic mass is 10.2. The third kappa shape index (κ3) is 3.58. The highest BCUT2D eigenvalue weighted by atomic mass is 79.9. The summed E-state index contributed by atoms with van der Waals surface area (Å²) in [5.74, 6) is 2.27. The molecule has 2 aromatic rings. The van der Waals surface area contributed by atoms with Gasteiger partial charge in [-0.1, -0.05) is 0 Å². The summed E-state index contributed by atoms with van der Waals surface area (Å²) in [6.45, 7) is 5.54. The molecule has 0 radical (unpaired) electrons. The van der Waals surface area contributed by atoms with E-state index in [1.807, 2.05) is 6.20 Å². The zero-order chi connectivity index (χ0) is 16.4. The molecular weight excluding hydrogens is 426 g/mol. The molecule has 1 saturated heterocycles. The van der Waals surface area contributed by atoms with Gasteiger partial charge in [0.2, 0.25) is 11.8 Å². The minimum absolute atomic E-state index is 0.558. The van der Waals surface area contributed by atoms with E-state index in [9.17, 15) is 0 Å². The van der Waals surface area contributed by atoms with Crippen molar-refractivity contribution in [3.63, 3.8) is 0 Å². The van der Waals surface area contributed by atoms with Crippen molar-refractivity contribution in [3.8, 4) is 5.88 Å². The van der Waals surface area contributed by atoms with Crippen LogP contribution in [0.5, 0.6) is 5.88 Å². The summed E-state index contributed by atoms with van der Waals surface area (Å²) in [6, 6.07) is 2.11. The monoisotopic (exact) mass is 441 g/mol. The number of anilines is 2. The Morgan fingerprint density at radius 3 is 2.30 bits per heavy atom. The number of ether oxygens (including phenoxy) is 1. The molecule has 0 atom stereocenters. The molecule has 23 heavy (non-hydrogen) atoms. The van der Waals surface area contributed by atoms with Crippen LogP contribution in [-0.4, -0.2) is 48.2 Å². The molecule has 0 N–H and O–H groups in total. The number of aromatic nitrogens is 3. The number of aryl methyl sites for hydroxylation is 1. The van der Waals surface area contributed by atoms with Gasteiger partial charge in [0.15, 0.2) is 0 Å². The predicted octanol–water partition coefficient (Wildman–Crippen LogP) is 3.04. The van der Waals surface area contributed by atoms with E-state index in [1.165, 1.54) is 5.56 Å². The van der Waals surface area contributed by atoms with Gasteiger partial charge in [0.25, 0.3) is 0 Å². The van der Waals surface area contributed by atoms with E-state index in [4.69, 9.17) is 4.74 Å². The molecule has 1 aliphatic rings. The second-order valence-corrected chi connectivity index (χ2v) is 7.00. The molecule has 1 aliphatic heterocycles. The first kappa shape index (κ1) is 16.4. The summed E-state index contributed by atoms with van der Waals surface area (Å²) >= 11 is 6.87. The fourth-order valence-corrected chi connectivity index (χ4v) is 3.04. The molecule has 0 aromatic carbocycles. The first-order valence-corrected chi connectivity index (χ1v) is 8.85. The van der Waals surface area contributed by atoms with Gasteiger partial charge in [-0.3, -0.25) is 0 Å². The first-order chi connectivity index (χ1) is 11.1. The molecule has 3 heterocycles. The highest BCUT2D eigenvalue weighted by Crippen LogP contribution is 2.25. The summed E-state index contributed by atoms with van der Waals surface area (Å²) in [6.07, 6.45) is 3.59. The summed E-state index contributed by atoms with van der Waals surface area (Å²) in [5.41, 5.74) is 1.19. The van der Waals surface area contributed by atoms with Crippen molar-refractivity contribution in [1.82, 2.24) is 15.0 Å². The molecule has 0 bridgehead atoms. The third-order valence-corrected chi connectivity index (χ3v) is 5.19. The Hall–Kier alpha value is -1.41. The van der Waals surface area contributed by atoms with Crippen molar-refractivity contribution in [2.75, 3.05) is 43.1 Å². The number of nitrogens with zero attached hydrogens (tertiary/aromatic N) is 5. The molecule has 0 amide bonds. The molecule has 0 spiro atoms. The number of methoxy groups -OCH3 is 1. The fraction of sp³-hybridized carbons (Fsp3) is 0.400. The second-order valence-electron chi connectivity index (χ2n) is 5.29. The highest BCUT2D eigenvalue weighted by Gasteiger charge is 2.21. The minimum atomic E-state index is 0.558. The van der Waals surface area contributed by atoms with E-state index in [2.05, 4.69) is 69.6 Å². The van der Waals surface area contributed by atoms with Gasteiger partial charge >= 0.3 is 0 Å². The van der Waals surface area contributed by atoms with Crippen LogP contribution in [0.3, 0.4) is 0 Å². The van der Waals surface area contributed by atoms with E-state index in [0.29, 0.717) is 11.8 Å². The molecule has 1 fully saturated rings. The van der Waals surface area contributed by atoms with Gasteiger partial charge in [-0.05, 0) is 50.4 Å². The summed E-state index contributed by atoms with van der Waals surface area (Å²) in [4.78, 5) is 17.8. The average molecular weight is 443 g/mol. The van der Waals surface area contributed by atoms with Crippen LogP contribution < -0.4 is 14.5 Å². The summed E-state index contributed by atoms with van der Waals surface area (Å²) in [7, 11) is 1.61. The molecule has 3 rings (SSSR count). The van der Waals surface area contributed by atoms with Crippen molar-refractivity contribution in [2.24, 2.45) is 0 Å². The Balaban J connectivity index is 1.69. The maximum Gasteiger partial charge on any atom is 0.232 e. The van der Waals surface area contributed by atoms with Gasteiger partial charge < -0.3 is 14.5 Å². The zero-order valence-electron chi connectivity index (χ0n) is 13.0. The van der Waals surface area contributed by atoms with Gasteiger partial charge in [0.05, 0.1) is 17.8 Å². The van der Waals surface area contributed by atoms with Gasteiger partial charge in [-0.25, -0.2) is 9.97 Å². The van der Waals surface area contributed by atoms with Crippen molar-refractivity contribution in [2.45, 2.75) is 6.92 Å². The number of pyridine rings is 1. The lowest BCUT2D eigenvalue weighted by Gasteiger charge is -2.35. The topological polar surface area (TPSA) is 54.4 Å². The maximum absolute atomic E-state index is 5.24. The van der Waals surface area contributed by atoms with Crippen LogP contribution in [0, 0.1) is 6.92 Å². The van der Waals surface area contributed by atoms with Crippen molar-refractivity contribution in [3.05, 3.63) is 33.0 Å². The highest BCUT2D eigenvalue weighted by molar-refractivity contribution is 9.10. The fourth-order valence-electron chi connectivity index (χ4n) is 2.47. The van der Waals surface area contributed by atoms with E-state index in [1.54, 1.807) is 13.3 Å². The van der Waals surface area contributed by atoms with Crippen LogP contribution >= 0.6 is 31.9 Å². The molecule has 0 saturated carbocycles. The Morgan fingerprint density at radius 1 is 1.00 bits per heavy atom. The van der Waals surface area contributed by atoms with Gasteiger partial charge in [0.1, 0.15) is 5.82 Å². The average Bonchev–Trinajstić information content (AvgIpc) is 2.58. The Morgan fingerprint density at radius 2 is 1.65 bits per heavy atom. The Kier molecular flexibility index (Phi) is 5.01. The number of hydrogen-bond donors (Lipinski definition) is 0. The summed E-state index contributed by atoms with van der Waals surface area (Å²) in [5, 5.41) is 0. The third-order valence-electron chi connectivity index (χ3n) is 3.81. The second kappa shape index (κ2) is 7.00. The van der Waals surface area contributed by atoms with Crippen molar-refractivity contribution >= 4 is 43.6 Å². The van der Waals surface area contributed by atoms with Crippen molar-refractivity contribution < 1.29 is 4.74 Å². The van der Waals surface area contributed by atoms with E-state index >= 15 is 0 Å². The summed E-state index contributed by atoms with van der Waals surface area (Å²) < 4.78 is 7.04. The Labute approximate surface area is 152 Å². The molecule has 2 aromatic heterocycles. The largest absolute Gasteiger partial charge is 0.480 e. The standard InChI is InChI=1S/C15H17Br2N5O/c1-10-7-13(18-8-11(10)16)21-3-5-22(6-4-21)15-19-9-12(17)14(20-15)23-2/h7-9H,3-6H2,1-2H3. The lowest BCUT2D eigenvalue weighted by molar-refractivity contribution is 0.393. The number of piperazine rings is 1. The zero-order valence-corrected chi connectivity index (χ0v) is 16.1. The molecule has 8 heteroatoms. The van der Waals surface area contributed by atoms with E-state index in [-0.39, 0.29) is 0 Å². The quantitative estimate of drug-likeness (QED) is 0.728. The maximum atomic E-state index is 5.24. The molecule has 0 unspecified atom stereocenters. The number of rotatable bonds is 3. The van der Waals surface area contributed by atoms with Crippen LogP contribution in [0.1, 0.15) is 5.56 Å². The van der Waals surface area contributed by atoms with E-state index < -0.39 is 0 Å². The van der Waals surface area contributed by atoms with Gasteiger partial charge in [-0.2, -0.15) is 4.98 Å². The molecular formula is C15H17Br2N5O. The van der Waals surface area contributed by atoms with Crippen molar-refractivity contribution in [1.29, 1.82) is 0 Å². The molecule has 122 valence electrons. The van der Waals surface area contributed by atoms with Crippen LogP contribution in [0.25, 0.3) is 0 Å².